The predicted molar refractivity (Wildman–Crippen MR) is 77.8 cm³/mol. The van der Waals surface area contributed by atoms with Gasteiger partial charge in [0.25, 0.3) is 0 Å². The van der Waals surface area contributed by atoms with Gasteiger partial charge in [-0.3, -0.25) is 10.1 Å². The van der Waals surface area contributed by atoms with Crippen molar-refractivity contribution in [3.05, 3.63) is 50.7 Å². The maximum absolute atomic E-state index is 13.2. The Balaban J connectivity index is 2.45. The molecule has 0 aliphatic carbocycles. The highest BCUT2D eigenvalue weighted by molar-refractivity contribution is 9.10. The summed E-state index contributed by atoms with van der Waals surface area (Å²) < 4.78 is 13.8. The fourth-order valence-corrected chi connectivity index (χ4v) is 1.90. The van der Waals surface area contributed by atoms with Crippen LogP contribution >= 0.6 is 15.9 Å². The Labute approximate surface area is 122 Å². The SMILES string of the molecule is CNc1ccc([N+](=O)[O-])c(Nc2cc(F)ccc2Br)n1. The molecule has 2 aromatic rings. The minimum atomic E-state index is -0.554. The molecule has 0 saturated carbocycles. The van der Waals surface area contributed by atoms with Gasteiger partial charge >= 0.3 is 5.69 Å². The van der Waals surface area contributed by atoms with Crippen molar-refractivity contribution in [2.24, 2.45) is 0 Å². The van der Waals surface area contributed by atoms with Gasteiger partial charge in [-0.25, -0.2) is 9.37 Å². The van der Waals surface area contributed by atoms with E-state index in [0.29, 0.717) is 16.0 Å². The number of benzene rings is 1. The van der Waals surface area contributed by atoms with Crippen LogP contribution in [0.5, 0.6) is 0 Å². The summed E-state index contributed by atoms with van der Waals surface area (Å²) in [5, 5.41) is 16.5. The Morgan fingerprint density at radius 3 is 2.75 bits per heavy atom. The Morgan fingerprint density at radius 2 is 2.10 bits per heavy atom. The molecule has 0 radical (unpaired) electrons. The van der Waals surface area contributed by atoms with Crippen molar-refractivity contribution in [1.82, 2.24) is 4.98 Å². The summed E-state index contributed by atoms with van der Waals surface area (Å²) in [5.74, 6) is 0.0434. The highest BCUT2D eigenvalue weighted by atomic mass is 79.9. The van der Waals surface area contributed by atoms with E-state index in [1.165, 1.54) is 30.3 Å². The molecule has 0 spiro atoms. The van der Waals surface area contributed by atoms with Gasteiger partial charge in [0.05, 0.1) is 10.6 Å². The zero-order valence-corrected chi connectivity index (χ0v) is 11.9. The fourth-order valence-electron chi connectivity index (χ4n) is 1.55. The van der Waals surface area contributed by atoms with Crippen molar-refractivity contribution < 1.29 is 9.31 Å². The minimum absolute atomic E-state index is 0.0353. The second-order valence-electron chi connectivity index (χ2n) is 3.82. The number of aromatic nitrogens is 1. The average molecular weight is 341 g/mol. The minimum Gasteiger partial charge on any atom is -0.373 e. The van der Waals surface area contributed by atoms with Crippen LogP contribution in [0.1, 0.15) is 0 Å². The Bertz CT molecular complexity index is 666. The van der Waals surface area contributed by atoms with Crippen LogP contribution in [-0.2, 0) is 0 Å². The van der Waals surface area contributed by atoms with E-state index in [2.05, 4.69) is 31.5 Å². The Hall–Kier alpha value is -2.22. The summed E-state index contributed by atoms with van der Waals surface area (Å²) >= 11 is 3.24. The largest absolute Gasteiger partial charge is 0.373 e. The van der Waals surface area contributed by atoms with Crippen LogP contribution in [0.3, 0.4) is 0 Å². The van der Waals surface area contributed by atoms with Gasteiger partial charge in [-0.05, 0) is 40.2 Å². The van der Waals surface area contributed by atoms with Crippen LogP contribution in [0.25, 0.3) is 0 Å². The lowest BCUT2D eigenvalue weighted by atomic mass is 10.3. The molecule has 0 fully saturated rings. The van der Waals surface area contributed by atoms with Gasteiger partial charge in [-0.1, -0.05) is 0 Å². The monoisotopic (exact) mass is 340 g/mol. The smallest absolute Gasteiger partial charge is 0.311 e. The first-order chi connectivity index (χ1) is 9.51. The van der Waals surface area contributed by atoms with E-state index in [1.807, 2.05) is 0 Å². The van der Waals surface area contributed by atoms with Crippen molar-refractivity contribution in [1.29, 1.82) is 0 Å². The van der Waals surface area contributed by atoms with Crippen molar-refractivity contribution in [3.8, 4) is 0 Å². The summed E-state index contributed by atoms with van der Waals surface area (Å²) in [5.41, 5.74) is 0.161. The second kappa shape index (κ2) is 5.83. The number of nitrogens with zero attached hydrogens (tertiary/aromatic N) is 2. The molecule has 0 amide bonds. The summed E-state index contributed by atoms with van der Waals surface area (Å²) in [6, 6.07) is 6.83. The number of anilines is 3. The van der Waals surface area contributed by atoms with E-state index >= 15 is 0 Å². The molecule has 0 aliphatic rings. The number of pyridine rings is 1. The molecule has 0 saturated heterocycles. The van der Waals surface area contributed by atoms with Crippen molar-refractivity contribution in [2.45, 2.75) is 0 Å². The molecule has 1 aromatic carbocycles. The lowest BCUT2D eigenvalue weighted by Gasteiger charge is -2.09. The normalized spacial score (nSPS) is 10.2. The summed E-state index contributed by atoms with van der Waals surface area (Å²) in [7, 11) is 1.65. The van der Waals surface area contributed by atoms with Crippen LogP contribution in [0.4, 0.5) is 27.4 Å². The number of nitrogens with one attached hydrogen (secondary N) is 2. The summed E-state index contributed by atoms with van der Waals surface area (Å²) in [4.78, 5) is 14.5. The van der Waals surface area contributed by atoms with Gasteiger partial charge in [0.15, 0.2) is 0 Å². The lowest BCUT2D eigenvalue weighted by molar-refractivity contribution is -0.384. The van der Waals surface area contributed by atoms with Crippen LogP contribution in [0, 0.1) is 15.9 Å². The van der Waals surface area contributed by atoms with Crippen LogP contribution in [0.15, 0.2) is 34.8 Å². The van der Waals surface area contributed by atoms with Crippen LogP contribution in [-0.4, -0.2) is 17.0 Å². The summed E-state index contributed by atoms with van der Waals surface area (Å²) in [6.45, 7) is 0. The van der Waals surface area contributed by atoms with Gasteiger partial charge in [0, 0.05) is 17.6 Å². The third kappa shape index (κ3) is 3.02. The number of nitro groups is 1. The summed E-state index contributed by atoms with van der Waals surface area (Å²) in [6.07, 6.45) is 0. The first-order valence-electron chi connectivity index (χ1n) is 5.56. The zero-order chi connectivity index (χ0) is 14.7. The topological polar surface area (TPSA) is 80.1 Å². The molecule has 0 atom stereocenters. The number of halogens is 2. The molecule has 20 heavy (non-hydrogen) atoms. The van der Waals surface area contributed by atoms with Gasteiger partial charge in [-0.2, -0.15) is 0 Å². The second-order valence-corrected chi connectivity index (χ2v) is 4.67. The van der Waals surface area contributed by atoms with E-state index in [1.54, 1.807) is 7.05 Å². The van der Waals surface area contributed by atoms with E-state index in [0.717, 1.165) is 0 Å². The van der Waals surface area contributed by atoms with E-state index in [9.17, 15) is 14.5 Å². The molecule has 104 valence electrons. The first kappa shape index (κ1) is 14.2. The number of hydrogen-bond acceptors (Lipinski definition) is 5. The highest BCUT2D eigenvalue weighted by Gasteiger charge is 2.17. The van der Waals surface area contributed by atoms with E-state index < -0.39 is 10.7 Å². The quantitative estimate of drug-likeness (QED) is 0.655. The van der Waals surface area contributed by atoms with Crippen molar-refractivity contribution in [3.63, 3.8) is 0 Å². The fraction of sp³-hybridized carbons (Fsp3) is 0.0833. The number of hydrogen-bond donors (Lipinski definition) is 2. The van der Waals surface area contributed by atoms with E-state index in [4.69, 9.17) is 0 Å². The Kier molecular flexibility index (Phi) is 4.14. The molecule has 0 bridgehead atoms. The third-order valence-electron chi connectivity index (χ3n) is 2.51. The molecule has 2 rings (SSSR count). The van der Waals surface area contributed by atoms with Gasteiger partial charge < -0.3 is 10.6 Å². The molecule has 6 nitrogen and oxygen atoms in total. The maximum Gasteiger partial charge on any atom is 0.311 e. The molecule has 1 heterocycles. The van der Waals surface area contributed by atoms with E-state index in [-0.39, 0.29) is 11.5 Å². The van der Waals surface area contributed by atoms with Crippen LogP contribution < -0.4 is 10.6 Å². The van der Waals surface area contributed by atoms with Crippen LogP contribution in [0.2, 0.25) is 0 Å². The molecule has 8 heteroatoms. The highest BCUT2D eigenvalue weighted by Crippen LogP contribution is 2.31. The van der Waals surface area contributed by atoms with Crippen molar-refractivity contribution in [2.75, 3.05) is 17.7 Å². The molecule has 0 unspecified atom stereocenters. The molecule has 1 aromatic heterocycles. The van der Waals surface area contributed by atoms with Gasteiger partial charge in [0.2, 0.25) is 5.82 Å². The maximum atomic E-state index is 13.2. The first-order valence-corrected chi connectivity index (χ1v) is 6.36. The molecule has 0 aliphatic heterocycles. The van der Waals surface area contributed by atoms with Gasteiger partial charge in [0.1, 0.15) is 11.6 Å². The van der Waals surface area contributed by atoms with Crippen molar-refractivity contribution >= 4 is 38.9 Å². The predicted octanol–water partition coefficient (Wildman–Crippen LogP) is 3.68. The Morgan fingerprint density at radius 1 is 1.35 bits per heavy atom. The third-order valence-corrected chi connectivity index (χ3v) is 3.20. The van der Waals surface area contributed by atoms with Gasteiger partial charge in [-0.15, -0.1) is 0 Å². The molecular formula is C12H10BrFN4O2. The lowest BCUT2D eigenvalue weighted by Crippen LogP contribution is -2.03. The zero-order valence-electron chi connectivity index (χ0n) is 10.4. The molecule has 2 N–H and O–H groups in total. The standard InChI is InChI=1S/C12H10BrFN4O2/c1-15-11-5-4-10(18(19)20)12(17-11)16-9-6-7(14)2-3-8(9)13/h2-6H,1H3,(H2,15,16,17). The average Bonchev–Trinajstić information content (AvgIpc) is 2.42. The number of rotatable bonds is 4. The molecular weight excluding hydrogens is 331 g/mol.